The molecule has 0 radical (unpaired) electrons. The number of nitrogens with zero attached hydrogens (tertiary/aromatic N) is 5. The van der Waals surface area contributed by atoms with E-state index in [-0.39, 0.29) is 55.7 Å². The number of pyridine rings is 1. The van der Waals surface area contributed by atoms with E-state index in [9.17, 15) is 19.1 Å². The maximum atomic E-state index is 14.6. The Labute approximate surface area is 287 Å². The molecule has 0 unspecified atom stereocenters. The van der Waals surface area contributed by atoms with Gasteiger partial charge in [-0.25, -0.2) is 14.2 Å². The van der Waals surface area contributed by atoms with Gasteiger partial charge in [0, 0.05) is 50.0 Å². The number of amides is 2. The minimum Gasteiger partial charge on any atom is -0.474 e. The number of carboxylic acid groups (broad SMARTS) is 1. The third-order valence-electron chi connectivity index (χ3n) is 9.75. The fraction of sp³-hybridized carbons (Fsp3) is 0.486. The second-order valence-electron chi connectivity index (χ2n) is 13.5. The van der Waals surface area contributed by atoms with Crippen LogP contribution in [0.1, 0.15) is 37.5 Å². The van der Waals surface area contributed by atoms with Gasteiger partial charge in [0.25, 0.3) is 0 Å². The summed E-state index contributed by atoms with van der Waals surface area (Å²) in [6.45, 7) is 9.62. The Kier molecular flexibility index (Phi) is 11.1. The largest absolute Gasteiger partial charge is 0.474 e. The summed E-state index contributed by atoms with van der Waals surface area (Å²) >= 11 is 0. The Hall–Kier alpha value is -4.10. The van der Waals surface area contributed by atoms with E-state index in [1.54, 1.807) is 23.2 Å². The van der Waals surface area contributed by atoms with Crippen molar-refractivity contribution >= 4 is 17.7 Å². The van der Waals surface area contributed by atoms with Gasteiger partial charge in [-0.15, -0.1) is 0 Å². The Balaban J connectivity index is 1.26. The lowest BCUT2D eigenvalue weighted by molar-refractivity contribution is -0.123. The van der Waals surface area contributed by atoms with E-state index in [2.05, 4.69) is 28.6 Å². The topological polar surface area (TPSA) is 108 Å². The highest BCUT2D eigenvalue weighted by molar-refractivity contribution is 5.97. The van der Waals surface area contributed by atoms with Gasteiger partial charge in [0.15, 0.2) is 0 Å². The highest BCUT2D eigenvalue weighted by Gasteiger charge is 2.41. The van der Waals surface area contributed by atoms with E-state index >= 15 is 0 Å². The second kappa shape index (κ2) is 15.6. The third kappa shape index (κ3) is 8.38. The molecule has 0 saturated carbocycles. The van der Waals surface area contributed by atoms with Gasteiger partial charge < -0.3 is 24.2 Å². The second-order valence-corrected chi connectivity index (χ2v) is 13.5. The molecule has 0 bridgehead atoms. The molecule has 0 spiro atoms. The van der Waals surface area contributed by atoms with Gasteiger partial charge in [0.2, 0.25) is 11.8 Å². The molecule has 3 aliphatic rings. The molecule has 1 N–H and O–H groups in total. The molecule has 0 aliphatic carbocycles. The number of carbonyl (C=O) groups excluding carboxylic acids is 1. The average Bonchev–Trinajstić information content (AvgIpc) is 3.08. The van der Waals surface area contributed by atoms with Crippen molar-refractivity contribution in [2.24, 2.45) is 0 Å². The number of ether oxygens (including phenoxy) is 3. The molecule has 2 amide bonds. The summed E-state index contributed by atoms with van der Waals surface area (Å²) < 4.78 is 31.6. The van der Waals surface area contributed by atoms with E-state index in [1.807, 2.05) is 43.3 Å². The standard InChI is InChI=1S/C37H46FN5O6/c1-25-16-40(32(18-42(25)37(45)46)17-41-26(2)20-47-21-27(41)3)19-35(44)43-33(23-48-22-29-7-5-4-6-8-29)24-49-36-34(43)14-30(15-39-36)13-28-9-11-31(38)12-10-28/h4-12,14-15,25-27,32-33H,13,16-24H2,1-3H3,(H,45,46)/t25-,26-,27-,32+,33+/m1/s1. The highest BCUT2D eigenvalue weighted by atomic mass is 19.1. The van der Waals surface area contributed by atoms with E-state index in [0.717, 1.165) is 16.7 Å². The third-order valence-corrected chi connectivity index (χ3v) is 9.75. The first-order valence-corrected chi connectivity index (χ1v) is 17.0. The number of fused-ring (bicyclic) bond motifs is 1. The molecule has 49 heavy (non-hydrogen) atoms. The van der Waals surface area contributed by atoms with Crippen LogP contribution in [-0.2, 0) is 27.3 Å². The molecule has 4 heterocycles. The highest BCUT2D eigenvalue weighted by Crippen LogP contribution is 2.34. The van der Waals surface area contributed by atoms with Crippen molar-refractivity contribution in [1.29, 1.82) is 0 Å². The molecule has 2 saturated heterocycles. The van der Waals surface area contributed by atoms with Crippen LogP contribution in [0.4, 0.5) is 14.9 Å². The van der Waals surface area contributed by atoms with Crippen molar-refractivity contribution in [3.05, 3.63) is 89.4 Å². The quantitative estimate of drug-likeness (QED) is 0.337. The number of rotatable bonds is 10. The minimum absolute atomic E-state index is 0.0897. The fourth-order valence-electron chi connectivity index (χ4n) is 7.13. The fourth-order valence-corrected chi connectivity index (χ4v) is 7.13. The van der Waals surface area contributed by atoms with Gasteiger partial charge in [-0.2, -0.15) is 0 Å². The summed E-state index contributed by atoms with van der Waals surface area (Å²) in [7, 11) is 0. The van der Waals surface area contributed by atoms with Crippen LogP contribution in [0.15, 0.2) is 66.9 Å². The molecule has 5 atom stereocenters. The van der Waals surface area contributed by atoms with Crippen LogP contribution in [0.2, 0.25) is 0 Å². The zero-order chi connectivity index (χ0) is 34.5. The first-order chi connectivity index (χ1) is 23.7. The first-order valence-electron chi connectivity index (χ1n) is 17.0. The van der Waals surface area contributed by atoms with Crippen LogP contribution in [0.3, 0.4) is 0 Å². The molecular weight excluding hydrogens is 629 g/mol. The van der Waals surface area contributed by atoms with Crippen molar-refractivity contribution < 1.29 is 33.3 Å². The van der Waals surface area contributed by atoms with Crippen molar-refractivity contribution in [2.45, 2.75) is 64.0 Å². The van der Waals surface area contributed by atoms with Gasteiger partial charge in [-0.1, -0.05) is 42.5 Å². The molecule has 1 aromatic heterocycles. The number of morpholine rings is 1. The number of halogens is 1. The summed E-state index contributed by atoms with van der Waals surface area (Å²) in [5.74, 6) is -0.0695. The van der Waals surface area contributed by atoms with Crippen LogP contribution in [0.5, 0.6) is 5.88 Å². The van der Waals surface area contributed by atoms with Gasteiger partial charge in [0.05, 0.1) is 39.0 Å². The van der Waals surface area contributed by atoms with Gasteiger partial charge in [-0.3, -0.25) is 19.5 Å². The molecule has 3 aromatic rings. The minimum atomic E-state index is -0.955. The van der Waals surface area contributed by atoms with Crippen molar-refractivity contribution in [1.82, 2.24) is 19.7 Å². The maximum absolute atomic E-state index is 14.6. The van der Waals surface area contributed by atoms with Gasteiger partial charge in [0.1, 0.15) is 18.1 Å². The predicted octanol–water partition coefficient (Wildman–Crippen LogP) is 4.28. The maximum Gasteiger partial charge on any atom is 0.407 e. The Bertz CT molecular complexity index is 1570. The number of piperazine rings is 1. The van der Waals surface area contributed by atoms with E-state index in [0.29, 0.717) is 57.4 Å². The number of carbonyl (C=O) groups is 2. The Morgan fingerprint density at radius 2 is 1.65 bits per heavy atom. The van der Waals surface area contributed by atoms with Crippen LogP contribution < -0.4 is 9.64 Å². The Morgan fingerprint density at radius 1 is 0.918 bits per heavy atom. The van der Waals surface area contributed by atoms with Crippen LogP contribution >= 0.6 is 0 Å². The van der Waals surface area contributed by atoms with Gasteiger partial charge >= 0.3 is 6.09 Å². The van der Waals surface area contributed by atoms with E-state index in [4.69, 9.17) is 14.2 Å². The van der Waals surface area contributed by atoms with Crippen molar-refractivity contribution in [3.8, 4) is 5.88 Å². The normalized spacial score (nSPS) is 24.7. The van der Waals surface area contributed by atoms with Gasteiger partial charge in [-0.05, 0) is 62.1 Å². The molecule has 2 aromatic carbocycles. The lowest BCUT2D eigenvalue weighted by Crippen LogP contribution is -2.65. The van der Waals surface area contributed by atoms with Crippen LogP contribution in [0.25, 0.3) is 0 Å². The molecule has 11 nitrogen and oxygen atoms in total. The number of anilines is 1. The summed E-state index contributed by atoms with van der Waals surface area (Å²) in [6, 6.07) is 17.6. The van der Waals surface area contributed by atoms with E-state index in [1.165, 1.54) is 17.0 Å². The molecule has 3 aliphatic heterocycles. The summed E-state index contributed by atoms with van der Waals surface area (Å²) in [5.41, 5.74) is 3.36. The number of hydrogen-bond donors (Lipinski definition) is 1. The zero-order valence-electron chi connectivity index (χ0n) is 28.4. The Morgan fingerprint density at radius 3 is 2.37 bits per heavy atom. The summed E-state index contributed by atoms with van der Waals surface area (Å²) in [6.07, 6.45) is 1.28. The number of aromatic nitrogens is 1. The van der Waals surface area contributed by atoms with Crippen LogP contribution in [0, 0.1) is 5.82 Å². The summed E-state index contributed by atoms with van der Waals surface area (Å²) in [5, 5.41) is 10.0. The smallest absolute Gasteiger partial charge is 0.407 e. The average molecular weight is 676 g/mol. The van der Waals surface area contributed by atoms with Crippen molar-refractivity contribution in [3.63, 3.8) is 0 Å². The van der Waals surface area contributed by atoms with Crippen molar-refractivity contribution in [2.75, 3.05) is 57.5 Å². The summed E-state index contributed by atoms with van der Waals surface area (Å²) in [4.78, 5) is 39.1. The molecule has 2 fully saturated rings. The molecule has 6 rings (SSSR count). The lowest BCUT2D eigenvalue weighted by Gasteiger charge is -2.48. The first kappa shape index (κ1) is 34.8. The number of benzene rings is 2. The predicted molar refractivity (Wildman–Crippen MR) is 182 cm³/mol. The molecule has 12 heteroatoms. The van der Waals surface area contributed by atoms with E-state index < -0.39 is 12.1 Å². The molecular formula is C37H46FN5O6. The number of hydrogen-bond acceptors (Lipinski definition) is 8. The zero-order valence-corrected chi connectivity index (χ0v) is 28.4. The molecule has 262 valence electrons. The monoisotopic (exact) mass is 675 g/mol. The van der Waals surface area contributed by atoms with Crippen LogP contribution in [-0.4, -0.2) is 120 Å². The SMILES string of the molecule is C[C@@H]1CN(CC(=O)N2c3cc(Cc4ccc(F)cc4)cnc3OC[C@@H]2COCc2ccccc2)[C@@H](CN2[C@H](C)COC[C@H]2C)CN1C(=O)O. The lowest BCUT2D eigenvalue weighted by atomic mass is 10.0.